The zero-order chi connectivity index (χ0) is 5.98. The summed E-state index contributed by atoms with van der Waals surface area (Å²) in [6.45, 7) is 0. The number of hydrazone groups is 1. The van der Waals surface area contributed by atoms with Gasteiger partial charge in [0.05, 0.1) is 18.1 Å². The molecule has 8 heavy (non-hydrogen) atoms. The first-order valence-corrected chi connectivity index (χ1v) is 2.09. The third-order valence-corrected chi connectivity index (χ3v) is 0.675. The highest BCUT2D eigenvalue weighted by Crippen LogP contribution is 1.84. The fourth-order valence-electron chi connectivity index (χ4n) is 0.393. The quantitative estimate of drug-likeness (QED) is 0.333. The van der Waals surface area contributed by atoms with Crippen molar-refractivity contribution in [2.45, 2.75) is 0 Å². The minimum Gasteiger partial charge on any atom is -0.396 e. The van der Waals surface area contributed by atoms with Gasteiger partial charge in [-0.2, -0.15) is 5.10 Å². The minimum absolute atomic E-state index is 0.534. The van der Waals surface area contributed by atoms with Gasteiger partial charge in [0.2, 0.25) is 0 Å². The Morgan fingerprint density at radius 3 is 2.88 bits per heavy atom. The molecule has 1 rings (SSSR count). The summed E-state index contributed by atoms with van der Waals surface area (Å²) in [6.07, 6.45) is 3.00. The van der Waals surface area contributed by atoms with Crippen molar-refractivity contribution in [3.8, 4) is 0 Å². The Hall–Kier alpha value is -1.23. The Morgan fingerprint density at radius 2 is 2.50 bits per heavy atom. The van der Waals surface area contributed by atoms with Gasteiger partial charge in [0.25, 0.3) is 0 Å². The molecule has 0 radical (unpaired) electrons. The largest absolute Gasteiger partial charge is 0.396 e. The van der Waals surface area contributed by atoms with Crippen molar-refractivity contribution in [3.05, 3.63) is 11.9 Å². The van der Waals surface area contributed by atoms with E-state index in [2.05, 4.69) is 10.6 Å². The lowest BCUT2D eigenvalue weighted by molar-refractivity contribution is 0.282. The molecule has 1 heterocycles. The first-order valence-electron chi connectivity index (χ1n) is 2.09. The number of nitrogens with two attached hydrogens (primary N) is 2. The Balaban J connectivity index is 2.63. The van der Waals surface area contributed by atoms with E-state index in [4.69, 9.17) is 11.6 Å². The van der Waals surface area contributed by atoms with Crippen LogP contribution in [-0.4, -0.2) is 11.3 Å². The van der Waals surface area contributed by atoms with Crippen molar-refractivity contribution in [1.29, 1.82) is 0 Å². The van der Waals surface area contributed by atoms with Crippen LogP contribution < -0.4 is 17.1 Å². The van der Waals surface area contributed by atoms with Gasteiger partial charge in [0, 0.05) is 0 Å². The average Bonchev–Trinajstić information content (AvgIpc) is 1.64. The second-order valence-corrected chi connectivity index (χ2v) is 1.39. The van der Waals surface area contributed by atoms with Crippen LogP contribution in [0.4, 0.5) is 0 Å². The summed E-state index contributed by atoms with van der Waals surface area (Å²) in [5.41, 5.74) is 8.25. The second-order valence-electron chi connectivity index (χ2n) is 1.39. The van der Waals surface area contributed by atoms with E-state index in [0.717, 1.165) is 0 Å². The van der Waals surface area contributed by atoms with Crippen LogP contribution in [-0.2, 0) is 0 Å². The molecule has 44 valence electrons. The smallest absolute Gasteiger partial charge is 0.0734 e. The average molecular weight is 113 g/mol. The zero-order valence-corrected chi connectivity index (χ0v) is 4.20. The summed E-state index contributed by atoms with van der Waals surface area (Å²) in [6, 6.07) is 0. The highest BCUT2D eigenvalue weighted by atomic mass is 15.8. The van der Waals surface area contributed by atoms with E-state index in [1.807, 2.05) is 0 Å². The molecular weight excluding hydrogens is 106 g/mol. The molecule has 0 aromatic rings. The molecule has 0 spiro atoms. The molecule has 1 aliphatic rings. The number of hydrogen-bond acceptors (Lipinski definition) is 5. The summed E-state index contributed by atoms with van der Waals surface area (Å²) in [4.78, 5) is 0. The van der Waals surface area contributed by atoms with E-state index < -0.39 is 0 Å². The number of hydrazine groups is 2. The first kappa shape index (κ1) is 4.92. The number of hydrogen-bond donors (Lipinski definition) is 3. The van der Waals surface area contributed by atoms with E-state index >= 15 is 0 Å². The van der Waals surface area contributed by atoms with Crippen LogP contribution in [0, 0.1) is 0 Å². The summed E-state index contributed by atoms with van der Waals surface area (Å²) < 4.78 is 0. The lowest BCUT2D eigenvalue weighted by atomic mass is 10.5. The SMILES string of the molecule is NC1=CN(N)NN=C1. The molecule has 0 saturated heterocycles. The number of nitrogens with zero attached hydrogens (tertiary/aromatic N) is 2. The number of nitrogens with one attached hydrogen (secondary N) is 1. The maximum Gasteiger partial charge on any atom is 0.0734 e. The molecule has 0 saturated carbocycles. The first-order chi connectivity index (χ1) is 3.79. The summed E-state index contributed by atoms with van der Waals surface area (Å²) in [5, 5.41) is 4.75. The van der Waals surface area contributed by atoms with Crippen molar-refractivity contribution in [2.24, 2.45) is 16.7 Å². The zero-order valence-electron chi connectivity index (χ0n) is 4.20. The van der Waals surface area contributed by atoms with Crippen LogP contribution in [0.5, 0.6) is 0 Å². The normalized spacial score (nSPS) is 17.6. The Kier molecular flexibility index (Phi) is 1.05. The van der Waals surface area contributed by atoms with E-state index in [1.54, 1.807) is 0 Å². The molecule has 0 aliphatic carbocycles. The molecule has 5 N–H and O–H groups in total. The predicted octanol–water partition coefficient (Wildman–Crippen LogP) is -1.53. The van der Waals surface area contributed by atoms with Crippen LogP contribution in [0.25, 0.3) is 0 Å². The van der Waals surface area contributed by atoms with Gasteiger partial charge >= 0.3 is 0 Å². The monoisotopic (exact) mass is 113 g/mol. The van der Waals surface area contributed by atoms with Gasteiger partial charge < -0.3 is 5.73 Å². The maximum atomic E-state index is 5.28. The minimum atomic E-state index is 0.534. The fourth-order valence-corrected chi connectivity index (χ4v) is 0.393. The lowest BCUT2D eigenvalue weighted by Gasteiger charge is -2.14. The van der Waals surface area contributed by atoms with E-state index in [0.29, 0.717) is 5.70 Å². The number of allylic oxidation sites excluding steroid dienone is 1. The highest BCUT2D eigenvalue weighted by Gasteiger charge is 1.93. The van der Waals surface area contributed by atoms with E-state index in [1.165, 1.54) is 17.5 Å². The highest BCUT2D eigenvalue weighted by molar-refractivity contribution is 5.77. The van der Waals surface area contributed by atoms with Crippen LogP contribution in [0.2, 0.25) is 0 Å². The van der Waals surface area contributed by atoms with Gasteiger partial charge in [-0.25, -0.2) is 16.5 Å². The van der Waals surface area contributed by atoms with Crippen LogP contribution in [0.15, 0.2) is 17.0 Å². The van der Waals surface area contributed by atoms with Gasteiger partial charge in [-0.05, 0) is 0 Å². The topological polar surface area (TPSA) is 79.7 Å². The molecule has 0 bridgehead atoms. The molecule has 0 aromatic carbocycles. The van der Waals surface area contributed by atoms with Crippen LogP contribution in [0.3, 0.4) is 0 Å². The maximum absolute atomic E-state index is 5.28. The van der Waals surface area contributed by atoms with Crippen molar-refractivity contribution in [2.75, 3.05) is 0 Å². The number of rotatable bonds is 0. The predicted molar refractivity (Wildman–Crippen MR) is 29.9 cm³/mol. The van der Waals surface area contributed by atoms with Crippen molar-refractivity contribution < 1.29 is 0 Å². The molecule has 0 aromatic heterocycles. The van der Waals surface area contributed by atoms with Crippen molar-refractivity contribution in [1.82, 2.24) is 10.7 Å². The Morgan fingerprint density at radius 1 is 1.75 bits per heavy atom. The van der Waals surface area contributed by atoms with Gasteiger partial charge in [-0.15, -0.1) is 0 Å². The molecule has 5 heteroatoms. The summed E-state index contributed by atoms with van der Waals surface area (Å²) >= 11 is 0. The fraction of sp³-hybridized carbons (Fsp3) is 0. The van der Waals surface area contributed by atoms with E-state index in [-0.39, 0.29) is 0 Å². The molecule has 0 amide bonds. The van der Waals surface area contributed by atoms with Gasteiger partial charge in [-0.1, -0.05) is 0 Å². The van der Waals surface area contributed by atoms with Gasteiger partial charge in [0.15, 0.2) is 0 Å². The van der Waals surface area contributed by atoms with Crippen molar-refractivity contribution in [3.63, 3.8) is 0 Å². The van der Waals surface area contributed by atoms with Gasteiger partial charge in [-0.3, -0.25) is 0 Å². The van der Waals surface area contributed by atoms with Gasteiger partial charge in [0.1, 0.15) is 0 Å². The molecular formula is C3H7N5. The molecule has 0 unspecified atom stereocenters. The second kappa shape index (κ2) is 1.71. The molecule has 0 fully saturated rings. The molecule has 0 atom stereocenters. The van der Waals surface area contributed by atoms with Crippen LogP contribution in [0.1, 0.15) is 0 Å². The molecule has 5 nitrogen and oxygen atoms in total. The summed E-state index contributed by atoms with van der Waals surface area (Å²) in [5.74, 6) is 5.18. The third kappa shape index (κ3) is 0.881. The standard InChI is InChI=1S/C3H7N5/c4-3-1-6-7-8(5)2-3/h1-2,7H,4-5H2. The Labute approximate surface area is 46.6 Å². The summed E-state index contributed by atoms with van der Waals surface area (Å²) in [7, 11) is 0. The lowest BCUT2D eigenvalue weighted by Crippen LogP contribution is -2.39. The van der Waals surface area contributed by atoms with Crippen molar-refractivity contribution >= 4 is 6.21 Å². The third-order valence-electron chi connectivity index (χ3n) is 0.675. The van der Waals surface area contributed by atoms with Crippen LogP contribution >= 0.6 is 0 Å². The molecule has 1 aliphatic heterocycles. The van der Waals surface area contributed by atoms with E-state index in [9.17, 15) is 0 Å². The Bertz CT molecular complexity index is 137.